The van der Waals surface area contributed by atoms with Gasteiger partial charge in [-0.25, -0.2) is 4.79 Å². The van der Waals surface area contributed by atoms with Crippen molar-refractivity contribution < 1.29 is 9.53 Å². The molecule has 258 valence electrons. The highest BCUT2D eigenvalue weighted by molar-refractivity contribution is 5.90. The molecule has 0 unspecified atom stereocenters. The van der Waals surface area contributed by atoms with Crippen LogP contribution in [0.25, 0.3) is 22.8 Å². The summed E-state index contributed by atoms with van der Waals surface area (Å²) < 4.78 is 5.01. The molecule has 0 saturated heterocycles. The maximum atomic E-state index is 12.4. The van der Waals surface area contributed by atoms with Crippen LogP contribution in [0.1, 0.15) is 83.2 Å². The number of carbonyl (C=O) groups is 1. The Hall–Kier alpha value is -6.27. The lowest BCUT2D eigenvalue weighted by molar-refractivity contribution is 0.0600. The predicted molar refractivity (Wildman–Crippen MR) is 209 cm³/mol. The number of ether oxygens (including phenoxy) is 1. The third kappa shape index (κ3) is 5.76. The highest BCUT2D eigenvalue weighted by atomic mass is 16.5. The van der Waals surface area contributed by atoms with Gasteiger partial charge in [0.05, 0.1) is 12.7 Å². The summed E-state index contributed by atoms with van der Waals surface area (Å²) in [5.74, 6) is -0.363. The summed E-state index contributed by atoms with van der Waals surface area (Å²) in [5, 5.41) is 3.98. The van der Waals surface area contributed by atoms with Gasteiger partial charge in [-0.05, 0) is 147 Å². The van der Waals surface area contributed by atoms with Crippen LogP contribution in [0.2, 0.25) is 0 Å². The lowest BCUT2D eigenvalue weighted by atomic mass is 9.92. The van der Waals surface area contributed by atoms with E-state index in [4.69, 9.17) is 4.74 Å². The fourth-order valence-corrected chi connectivity index (χ4v) is 8.15. The van der Waals surface area contributed by atoms with E-state index in [0.29, 0.717) is 5.56 Å². The van der Waals surface area contributed by atoms with Crippen molar-refractivity contribution in [2.45, 2.75) is 41.5 Å². The molecule has 6 heteroatoms. The Morgan fingerprint density at radius 2 is 0.981 bits per heavy atom. The molecule has 0 radical (unpaired) electrons. The molecule has 0 amide bonds. The second kappa shape index (κ2) is 12.8. The topological polar surface area (TPSA) is 89.5 Å². The van der Waals surface area contributed by atoms with Gasteiger partial charge in [-0.1, -0.05) is 47.5 Å². The summed E-state index contributed by atoms with van der Waals surface area (Å²) in [5.41, 5.74) is 18.4. The molecule has 6 nitrogen and oxygen atoms in total. The van der Waals surface area contributed by atoms with Gasteiger partial charge in [0.2, 0.25) is 0 Å². The van der Waals surface area contributed by atoms with E-state index < -0.39 is 0 Å². The van der Waals surface area contributed by atoms with Crippen molar-refractivity contribution in [3.63, 3.8) is 0 Å². The fourth-order valence-electron chi connectivity index (χ4n) is 8.15. The molecule has 0 spiro atoms. The zero-order chi connectivity index (χ0) is 36.3. The number of nitrogens with one attached hydrogen (secondary N) is 4. The average molecular weight is 683 g/mol. The van der Waals surface area contributed by atoms with Crippen LogP contribution in [0.4, 0.5) is 0 Å². The van der Waals surface area contributed by atoms with E-state index in [9.17, 15) is 4.79 Å². The molecule has 7 aromatic rings. The Kier molecular flexibility index (Phi) is 8.10. The van der Waals surface area contributed by atoms with Gasteiger partial charge in [0.25, 0.3) is 0 Å². The number of H-pyrrole nitrogens is 4. The number of aromatic amines is 4. The number of benzene rings is 3. The summed E-state index contributed by atoms with van der Waals surface area (Å²) in [6, 6.07) is 33.9. The van der Waals surface area contributed by atoms with Crippen molar-refractivity contribution in [2.75, 3.05) is 7.11 Å². The molecule has 4 aromatic heterocycles. The molecule has 8 rings (SSSR count). The van der Waals surface area contributed by atoms with Crippen LogP contribution in [-0.2, 0) is 4.74 Å². The van der Waals surface area contributed by atoms with Gasteiger partial charge in [-0.3, -0.25) is 0 Å². The number of esters is 1. The van der Waals surface area contributed by atoms with Crippen LogP contribution in [0.5, 0.6) is 0 Å². The number of hydrogen-bond acceptors (Lipinski definition) is 2. The molecular formula is C46H42N4O2. The first-order valence-electron chi connectivity index (χ1n) is 17.7. The van der Waals surface area contributed by atoms with Crippen LogP contribution in [0.3, 0.4) is 0 Å². The van der Waals surface area contributed by atoms with Gasteiger partial charge in [-0.15, -0.1) is 0 Å². The molecule has 0 fully saturated rings. The normalized spacial score (nSPS) is 12.6. The molecule has 5 heterocycles. The van der Waals surface area contributed by atoms with E-state index in [2.05, 4.69) is 140 Å². The first-order chi connectivity index (χ1) is 25.1. The van der Waals surface area contributed by atoms with Crippen LogP contribution < -0.4 is 21.4 Å². The summed E-state index contributed by atoms with van der Waals surface area (Å²) in [6.45, 7) is 13.0. The zero-order valence-corrected chi connectivity index (χ0v) is 30.6. The maximum Gasteiger partial charge on any atom is 0.337 e. The Bertz CT molecular complexity index is 2750. The standard InChI is InChI=1S/C46H42N4O2/c1-25-20-27(3)41(28(4)21-25)44-37-14-12-33(47-37)24-34-13-15-38(48-34)45(42-29(5)22-26(2)23-30(42)6)40-19-17-36(50-40)43(35-16-18-39(44)49-35)31-8-10-32(11-9-31)46(51)52-7/h8-24,47-50H,1-7H3. The first kappa shape index (κ1) is 32.9. The summed E-state index contributed by atoms with van der Waals surface area (Å²) in [7, 11) is 1.41. The van der Waals surface area contributed by atoms with E-state index in [1.165, 1.54) is 51.6 Å². The molecule has 0 saturated carbocycles. The zero-order valence-electron chi connectivity index (χ0n) is 30.6. The number of rotatable bonds is 4. The number of methoxy groups -OCH3 is 1. The number of carbonyl (C=O) groups excluding carboxylic acids is 1. The van der Waals surface area contributed by atoms with E-state index in [-0.39, 0.29) is 5.97 Å². The average Bonchev–Trinajstić information content (AvgIpc) is 3.94. The van der Waals surface area contributed by atoms with Gasteiger partial charge in [0.15, 0.2) is 0 Å². The first-order valence-corrected chi connectivity index (χ1v) is 17.7. The van der Waals surface area contributed by atoms with Crippen molar-refractivity contribution in [2.24, 2.45) is 0 Å². The highest BCUT2D eigenvalue weighted by Gasteiger charge is 2.20. The molecule has 1 aliphatic rings. The molecule has 0 aliphatic carbocycles. The molecule has 3 aromatic carbocycles. The molecule has 4 N–H and O–H groups in total. The van der Waals surface area contributed by atoms with Gasteiger partial charge in [0, 0.05) is 60.9 Å². The SMILES string of the molecule is COC(=O)c1ccc(C2=c3ccc([nH]3)=C(c3c(C)cc(C)cc3C)c3ccc([nH]3)C=c3ccc([nH]3)=C(c3c(C)cc(C)cc3C)c3ccc2[nH]3)cc1. The minimum atomic E-state index is -0.363. The number of fused-ring (bicyclic) bond motifs is 8. The minimum absolute atomic E-state index is 0.363. The lowest BCUT2D eigenvalue weighted by Gasteiger charge is -2.15. The molecule has 52 heavy (non-hydrogen) atoms. The Morgan fingerprint density at radius 3 is 1.56 bits per heavy atom. The maximum absolute atomic E-state index is 12.4. The molecular weight excluding hydrogens is 641 g/mol. The quantitative estimate of drug-likeness (QED) is 0.159. The summed E-state index contributed by atoms with van der Waals surface area (Å²) in [4.78, 5) is 27.6. The van der Waals surface area contributed by atoms with Crippen LogP contribution in [0.15, 0.2) is 97.1 Å². The van der Waals surface area contributed by atoms with Gasteiger partial charge < -0.3 is 24.7 Å². The fraction of sp³-hybridized carbons (Fsp3) is 0.152. The largest absolute Gasteiger partial charge is 0.465 e. The predicted octanol–water partition coefficient (Wildman–Crippen LogP) is 6.52. The van der Waals surface area contributed by atoms with Crippen molar-refractivity contribution in [1.82, 2.24) is 19.9 Å². The van der Waals surface area contributed by atoms with Crippen molar-refractivity contribution in [1.29, 1.82) is 0 Å². The van der Waals surface area contributed by atoms with Crippen molar-refractivity contribution in [3.05, 3.63) is 197 Å². The second-order valence-corrected chi connectivity index (χ2v) is 14.1. The smallest absolute Gasteiger partial charge is 0.337 e. The lowest BCUT2D eigenvalue weighted by Crippen LogP contribution is -2.19. The minimum Gasteiger partial charge on any atom is -0.465 e. The van der Waals surface area contributed by atoms with Gasteiger partial charge >= 0.3 is 5.97 Å². The molecule has 8 bridgehead atoms. The monoisotopic (exact) mass is 682 g/mol. The molecule has 0 atom stereocenters. The van der Waals surface area contributed by atoms with E-state index >= 15 is 0 Å². The number of aryl methyl sites for hydroxylation is 6. The Balaban J connectivity index is 1.50. The molecule has 1 aliphatic heterocycles. The number of aromatic nitrogens is 4. The van der Waals surface area contributed by atoms with Gasteiger partial charge in [-0.2, -0.15) is 0 Å². The van der Waals surface area contributed by atoms with E-state index in [1.54, 1.807) is 0 Å². The Morgan fingerprint density at radius 1 is 0.500 bits per heavy atom. The Labute approximate surface area is 303 Å². The number of hydrogen-bond donors (Lipinski definition) is 4. The van der Waals surface area contributed by atoms with E-state index in [1.807, 2.05) is 24.3 Å². The summed E-state index contributed by atoms with van der Waals surface area (Å²) >= 11 is 0. The van der Waals surface area contributed by atoms with Crippen LogP contribution in [-0.4, -0.2) is 33.0 Å². The van der Waals surface area contributed by atoms with Gasteiger partial charge in [0.1, 0.15) is 0 Å². The van der Waals surface area contributed by atoms with Crippen LogP contribution in [0, 0.1) is 41.5 Å². The van der Waals surface area contributed by atoms with Crippen molar-refractivity contribution in [3.8, 4) is 0 Å². The third-order valence-corrected chi connectivity index (χ3v) is 10.2. The third-order valence-electron chi connectivity index (χ3n) is 10.2. The van der Waals surface area contributed by atoms with Crippen LogP contribution >= 0.6 is 0 Å². The van der Waals surface area contributed by atoms with Crippen molar-refractivity contribution >= 4 is 28.8 Å². The second-order valence-electron chi connectivity index (χ2n) is 14.1. The van der Waals surface area contributed by atoms with E-state index in [0.717, 1.165) is 66.5 Å². The summed E-state index contributed by atoms with van der Waals surface area (Å²) in [6.07, 6.45) is 2.17. The highest BCUT2D eigenvalue weighted by Crippen LogP contribution is 2.31.